The molecule has 5 rings (SSSR count). The van der Waals surface area contributed by atoms with E-state index in [-0.39, 0.29) is 23.2 Å². The van der Waals surface area contributed by atoms with Crippen LogP contribution in [0.2, 0.25) is 10.0 Å². The third-order valence-corrected chi connectivity index (χ3v) is 6.28. The highest BCUT2D eigenvalue weighted by atomic mass is 35.5. The second-order valence-corrected chi connectivity index (χ2v) is 8.58. The SMILES string of the molecule is O=C1[C@@H]2[C@@H](c3cc(Cl)cc(Cl)c3O)N(c3ccccc3)O[C@H]2C(=O)N1Cc1ccccc1. The Morgan fingerprint density at radius 3 is 2.25 bits per heavy atom. The summed E-state index contributed by atoms with van der Waals surface area (Å²) in [6.45, 7) is 0.148. The Morgan fingerprint density at radius 2 is 1.56 bits per heavy atom. The number of rotatable bonds is 4. The molecule has 0 aromatic heterocycles. The van der Waals surface area contributed by atoms with Crippen molar-refractivity contribution in [2.75, 3.05) is 5.06 Å². The normalized spacial score (nSPS) is 22.5. The summed E-state index contributed by atoms with van der Waals surface area (Å²) in [5.74, 6) is -1.86. The Labute approximate surface area is 194 Å². The van der Waals surface area contributed by atoms with E-state index < -0.39 is 24.0 Å². The third kappa shape index (κ3) is 3.41. The molecule has 2 amide bonds. The highest BCUT2D eigenvalue weighted by molar-refractivity contribution is 6.35. The molecule has 2 aliphatic heterocycles. The molecule has 2 fully saturated rings. The fourth-order valence-corrected chi connectivity index (χ4v) is 4.83. The number of amides is 2. The van der Waals surface area contributed by atoms with E-state index in [0.29, 0.717) is 16.3 Å². The number of hydroxylamine groups is 1. The number of likely N-dealkylation sites (tertiary alicyclic amines) is 1. The standard InChI is InChI=1S/C24H18Cl2N2O4/c25-15-11-17(21(29)18(26)12-15)20-19-22(32-28(20)16-9-5-2-6-10-16)24(31)27(23(19)30)13-14-7-3-1-4-8-14/h1-12,19-20,22,29H,13H2/t19-,20-,22-/m1/s1. The van der Waals surface area contributed by atoms with Crippen LogP contribution < -0.4 is 5.06 Å². The Bertz CT molecular complexity index is 1190. The van der Waals surface area contributed by atoms with Gasteiger partial charge >= 0.3 is 0 Å². The molecule has 3 atom stereocenters. The summed E-state index contributed by atoms with van der Waals surface area (Å²) in [4.78, 5) is 34.0. The van der Waals surface area contributed by atoms with Crippen LogP contribution in [0.3, 0.4) is 0 Å². The fourth-order valence-electron chi connectivity index (χ4n) is 4.32. The number of anilines is 1. The number of hydrogen-bond acceptors (Lipinski definition) is 5. The number of phenolic OH excluding ortho intramolecular Hbond substituents is 1. The number of aromatic hydroxyl groups is 1. The van der Waals surface area contributed by atoms with Crippen molar-refractivity contribution in [3.63, 3.8) is 0 Å². The zero-order valence-corrected chi connectivity index (χ0v) is 18.2. The van der Waals surface area contributed by atoms with Crippen LogP contribution in [0.1, 0.15) is 17.2 Å². The summed E-state index contributed by atoms with van der Waals surface area (Å²) < 4.78 is 0. The van der Waals surface area contributed by atoms with Gasteiger partial charge in [0.2, 0.25) is 5.91 Å². The van der Waals surface area contributed by atoms with Gasteiger partial charge in [0.15, 0.2) is 6.10 Å². The summed E-state index contributed by atoms with van der Waals surface area (Å²) in [5, 5.41) is 12.6. The molecular formula is C24H18Cl2N2O4. The molecule has 1 N–H and O–H groups in total. The third-order valence-electron chi connectivity index (χ3n) is 5.78. The van der Waals surface area contributed by atoms with Gasteiger partial charge in [-0.2, -0.15) is 0 Å². The highest BCUT2D eigenvalue weighted by Gasteiger charge is 2.60. The van der Waals surface area contributed by atoms with Crippen molar-refractivity contribution in [2.45, 2.75) is 18.7 Å². The molecule has 162 valence electrons. The first-order valence-corrected chi connectivity index (χ1v) is 10.8. The number of fused-ring (bicyclic) bond motifs is 1. The van der Waals surface area contributed by atoms with Gasteiger partial charge in [-0.15, -0.1) is 0 Å². The predicted molar refractivity (Wildman–Crippen MR) is 120 cm³/mol. The summed E-state index contributed by atoms with van der Waals surface area (Å²) in [7, 11) is 0. The minimum Gasteiger partial charge on any atom is -0.506 e. The van der Waals surface area contributed by atoms with Gasteiger partial charge in [0.25, 0.3) is 5.91 Å². The molecule has 2 aliphatic rings. The maximum Gasteiger partial charge on any atom is 0.262 e. The average Bonchev–Trinajstić information content (AvgIpc) is 3.29. The smallest absolute Gasteiger partial charge is 0.262 e. The van der Waals surface area contributed by atoms with Gasteiger partial charge in [0.05, 0.1) is 23.3 Å². The van der Waals surface area contributed by atoms with Crippen LogP contribution >= 0.6 is 23.2 Å². The van der Waals surface area contributed by atoms with Crippen molar-refractivity contribution in [3.05, 3.63) is 94.0 Å². The molecule has 0 spiro atoms. The minimum atomic E-state index is -1.02. The van der Waals surface area contributed by atoms with Crippen molar-refractivity contribution in [2.24, 2.45) is 5.92 Å². The van der Waals surface area contributed by atoms with Crippen LogP contribution in [0.15, 0.2) is 72.8 Å². The van der Waals surface area contributed by atoms with Crippen molar-refractivity contribution in [3.8, 4) is 5.75 Å². The number of carbonyl (C=O) groups is 2. The van der Waals surface area contributed by atoms with Crippen molar-refractivity contribution in [1.82, 2.24) is 4.90 Å². The number of hydrogen-bond donors (Lipinski definition) is 1. The van der Waals surface area contributed by atoms with Crippen molar-refractivity contribution in [1.29, 1.82) is 0 Å². The summed E-state index contributed by atoms with van der Waals surface area (Å²) in [5.41, 5.74) is 1.79. The second kappa shape index (κ2) is 8.13. The Hall–Kier alpha value is -3.06. The quantitative estimate of drug-likeness (QED) is 0.559. The largest absolute Gasteiger partial charge is 0.506 e. The van der Waals surface area contributed by atoms with Gasteiger partial charge in [-0.25, -0.2) is 5.06 Å². The second-order valence-electron chi connectivity index (χ2n) is 7.73. The molecular weight excluding hydrogens is 451 g/mol. The van der Waals surface area contributed by atoms with Gasteiger partial charge in [-0.05, 0) is 29.8 Å². The molecule has 2 saturated heterocycles. The Kier molecular flexibility index (Phi) is 5.29. The fraction of sp³-hybridized carbons (Fsp3) is 0.167. The first kappa shape index (κ1) is 20.8. The number of para-hydroxylation sites is 1. The van der Waals surface area contributed by atoms with E-state index in [1.54, 1.807) is 18.2 Å². The van der Waals surface area contributed by atoms with E-state index in [4.69, 9.17) is 28.0 Å². The van der Waals surface area contributed by atoms with E-state index in [0.717, 1.165) is 5.56 Å². The monoisotopic (exact) mass is 468 g/mol. The zero-order valence-electron chi connectivity index (χ0n) is 16.7. The lowest BCUT2D eigenvalue weighted by Crippen LogP contribution is -2.37. The number of benzene rings is 3. The molecule has 0 aliphatic carbocycles. The molecule has 2 heterocycles. The van der Waals surface area contributed by atoms with Crippen LogP contribution in [0.5, 0.6) is 5.75 Å². The lowest BCUT2D eigenvalue weighted by molar-refractivity contribution is -0.143. The zero-order chi connectivity index (χ0) is 22.4. The number of imide groups is 1. The van der Waals surface area contributed by atoms with Gasteiger partial charge in [-0.1, -0.05) is 71.7 Å². The molecule has 3 aromatic carbocycles. The van der Waals surface area contributed by atoms with Crippen LogP contribution in [0, 0.1) is 5.92 Å². The van der Waals surface area contributed by atoms with Gasteiger partial charge < -0.3 is 5.11 Å². The lowest BCUT2D eigenvalue weighted by atomic mass is 9.90. The molecule has 8 heteroatoms. The maximum absolute atomic E-state index is 13.5. The number of nitrogens with zero attached hydrogens (tertiary/aromatic N) is 2. The van der Waals surface area contributed by atoms with Crippen molar-refractivity contribution < 1.29 is 19.5 Å². The molecule has 0 saturated carbocycles. The minimum absolute atomic E-state index is 0.0573. The Morgan fingerprint density at radius 1 is 0.906 bits per heavy atom. The Balaban J connectivity index is 1.58. The van der Waals surface area contributed by atoms with Gasteiger partial charge in [-0.3, -0.25) is 19.3 Å². The van der Waals surface area contributed by atoms with Crippen LogP contribution in [0.25, 0.3) is 0 Å². The van der Waals surface area contributed by atoms with E-state index >= 15 is 0 Å². The number of halogens is 2. The van der Waals surface area contributed by atoms with Crippen LogP contribution in [0.4, 0.5) is 5.69 Å². The molecule has 3 aromatic rings. The molecule has 32 heavy (non-hydrogen) atoms. The molecule has 0 unspecified atom stereocenters. The molecule has 6 nitrogen and oxygen atoms in total. The first-order chi connectivity index (χ1) is 15.5. The average molecular weight is 469 g/mol. The summed E-state index contributed by atoms with van der Waals surface area (Å²) >= 11 is 12.4. The predicted octanol–water partition coefficient (Wildman–Crippen LogP) is 4.75. The lowest BCUT2D eigenvalue weighted by Gasteiger charge is -2.29. The van der Waals surface area contributed by atoms with Crippen LogP contribution in [-0.2, 0) is 21.0 Å². The summed E-state index contributed by atoms with van der Waals surface area (Å²) in [6.07, 6.45) is -1.02. The van der Waals surface area contributed by atoms with E-state index in [2.05, 4.69) is 0 Å². The summed E-state index contributed by atoms with van der Waals surface area (Å²) in [6, 6.07) is 20.5. The van der Waals surface area contributed by atoms with Gasteiger partial charge in [0.1, 0.15) is 11.7 Å². The molecule has 0 bridgehead atoms. The topological polar surface area (TPSA) is 70.1 Å². The number of phenols is 1. The number of carbonyl (C=O) groups excluding carboxylic acids is 2. The van der Waals surface area contributed by atoms with Crippen molar-refractivity contribution >= 4 is 40.7 Å². The molecule has 0 radical (unpaired) electrons. The van der Waals surface area contributed by atoms with Crippen LogP contribution in [-0.4, -0.2) is 27.9 Å². The maximum atomic E-state index is 13.5. The van der Waals surface area contributed by atoms with E-state index in [1.165, 1.54) is 16.0 Å². The first-order valence-electron chi connectivity index (χ1n) is 10.0. The van der Waals surface area contributed by atoms with E-state index in [9.17, 15) is 14.7 Å². The van der Waals surface area contributed by atoms with E-state index in [1.807, 2.05) is 48.5 Å². The van der Waals surface area contributed by atoms with Gasteiger partial charge in [0, 0.05) is 10.6 Å². The highest BCUT2D eigenvalue weighted by Crippen LogP contribution is 2.50.